The molecule has 0 spiro atoms. The predicted molar refractivity (Wildman–Crippen MR) is 89.3 cm³/mol. The van der Waals surface area contributed by atoms with Crippen molar-refractivity contribution in [3.05, 3.63) is 58.6 Å². The number of halogens is 2. The Kier molecular flexibility index (Phi) is 5.57. The second-order valence-electron chi connectivity index (χ2n) is 4.50. The van der Waals surface area contributed by atoms with Crippen molar-refractivity contribution in [3.63, 3.8) is 0 Å². The second kappa shape index (κ2) is 7.41. The summed E-state index contributed by atoms with van der Waals surface area (Å²) in [5.41, 5.74) is 2.19. The molecule has 2 aromatic rings. The Morgan fingerprint density at radius 1 is 1.00 bits per heavy atom. The van der Waals surface area contributed by atoms with Gasteiger partial charge in [0.1, 0.15) is 0 Å². The van der Waals surface area contributed by atoms with Crippen molar-refractivity contribution in [2.75, 3.05) is 29.9 Å². The van der Waals surface area contributed by atoms with Gasteiger partial charge in [0.05, 0.1) is 0 Å². The van der Waals surface area contributed by atoms with Crippen LogP contribution in [0.4, 0.5) is 11.4 Å². The Bertz CT molecular complexity index is 523. The first-order chi connectivity index (χ1) is 9.69. The van der Waals surface area contributed by atoms with Crippen molar-refractivity contribution in [1.29, 1.82) is 0 Å². The van der Waals surface area contributed by atoms with Crippen LogP contribution in [0.1, 0.15) is 6.92 Å². The molecule has 0 unspecified atom stereocenters. The zero-order valence-corrected chi connectivity index (χ0v) is 13.0. The van der Waals surface area contributed by atoms with Gasteiger partial charge in [-0.3, -0.25) is 0 Å². The lowest BCUT2D eigenvalue weighted by molar-refractivity contribution is 0.835. The SMILES string of the molecule is CCN(CCNc1cc(Cl)cc(Cl)c1)c1ccccc1. The fraction of sp³-hybridized carbons (Fsp3) is 0.250. The zero-order chi connectivity index (χ0) is 14.4. The zero-order valence-electron chi connectivity index (χ0n) is 11.4. The lowest BCUT2D eigenvalue weighted by Crippen LogP contribution is -2.28. The van der Waals surface area contributed by atoms with Crippen molar-refractivity contribution in [3.8, 4) is 0 Å². The van der Waals surface area contributed by atoms with Crippen molar-refractivity contribution in [2.24, 2.45) is 0 Å². The number of likely N-dealkylation sites (N-methyl/N-ethyl adjacent to an activating group) is 1. The number of hydrogen-bond donors (Lipinski definition) is 1. The number of para-hydroxylation sites is 1. The van der Waals surface area contributed by atoms with Crippen LogP contribution in [0.5, 0.6) is 0 Å². The number of anilines is 2. The molecule has 0 amide bonds. The van der Waals surface area contributed by atoms with Gasteiger partial charge in [-0.1, -0.05) is 41.4 Å². The minimum atomic E-state index is 0.649. The third-order valence-electron chi connectivity index (χ3n) is 3.08. The molecule has 0 bridgehead atoms. The number of hydrogen-bond acceptors (Lipinski definition) is 2. The van der Waals surface area contributed by atoms with E-state index in [0.29, 0.717) is 10.0 Å². The van der Waals surface area contributed by atoms with Crippen molar-refractivity contribution in [2.45, 2.75) is 6.92 Å². The number of rotatable bonds is 6. The van der Waals surface area contributed by atoms with Crippen LogP contribution in [-0.4, -0.2) is 19.6 Å². The summed E-state index contributed by atoms with van der Waals surface area (Å²) in [5, 5.41) is 4.65. The van der Waals surface area contributed by atoms with E-state index < -0.39 is 0 Å². The van der Waals surface area contributed by atoms with Gasteiger partial charge < -0.3 is 10.2 Å². The highest BCUT2D eigenvalue weighted by Crippen LogP contribution is 2.22. The highest BCUT2D eigenvalue weighted by Gasteiger charge is 2.03. The monoisotopic (exact) mass is 308 g/mol. The van der Waals surface area contributed by atoms with Crippen molar-refractivity contribution < 1.29 is 0 Å². The van der Waals surface area contributed by atoms with Gasteiger partial charge in [-0.15, -0.1) is 0 Å². The summed E-state index contributed by atoms with van der Waals surface area (Å²) >= 11 is 12.0. The van der Waals surface area contributed by atoms with Crippen molar-refractivity contribution >= 4 is 34.6 Å². The first kappa shape index (κ1) is 15.0. The molecule has 4 heteroatoms. The van der Waals surface area contributed by atoms with Gasteiger partial charge in [-0.2, -0.15) is 0 Å². The lowest BCUT2D eigenvalue weighted by Gasteiger charge is -2.23. The number of benzene rings is 2. The van der Waals surface area contributed by atoms with E-state index in [1.807, 2.05) is 18.2 Å². The predicted octanol–water partition coefficient (Wildman–Crippen LogP) is 4.93. The Hall–Kier alpha value is -1.38. The number of nitrogens with zero attached hydrogens (tertiary/aromatic N) is 1. The molecule has 20 heavy (non-hydrogen) atoms. The molecule has 0 aromatic heterocycles. The molecule has 0 radical (unpaired) electrons. The molecule has 0 aliphatic rings. The highest BCUT2D eigenvalue weighted by atomic mass is 35.5. The van der Waals surface area contributed by atoms with Crippen LogP contribution in [0.2, 0.25) is 10.0 Å². The van der Waals surface area contributed by atoms with E-state index in [1.54, 1.807) is 6.07 Å². The third kappa shape index (κ3) is 4.32. The molecule has 0 saturated heterocycles. The molecule has 0 aliphatic heterocycles. The maximum Gasteiger partial charge on any atom is 0.0441 e. The average molecular weight is 309 g/mol. The van der Waals surface area contributed by atoms with Crippen LogP contribution < -0.4 is 10.2 Å². The second-order valence-corrected chi connectivity index (χ2v) is 5.37. The molecule has 2 rings (SSSR count). The Morgan fingerprint density at radius 3 is 2.25 bits per heavy atom. The van der Waals surface area contributed by atoms with E-state index in [1.165, 1.54) is 5.69 Å². The lowest BCUT2D eigenvalue weighted by atomic mass is 10.3. The molecular weight excluding hydrogens is 291 g/mol. The molecule has 106 valence electrons. The molecule has 0 aliphatic carbocycles. The summed E-state index contributed by atoms with van der Waals surface area (Å²) in [6.07, 6.45) is 0. The normalized spacial score (nSPS) is 10.3. The van der Waals surface area contributed by atoms with E-state index in [9.17, 15) is 0 Å². The average Bonchev–Trinajstić information content (AvgIpc) is 2.43. The van der Waals surface area contributed by atoms with E-state index >= 15 is 0 Å². The molecule has 2 aromatic carbocycles. The van der Waals surface area contributed by atoms with Crippen LogP contribution in [0, 0.1) is 0 Å². The molecule has 0 fully saturated rings. The third-order valence-corrected chi connectivity index (χ3v) is 3.51. The summed E-state index contributed by atoms with van der Waals surface area (Å²) in [4.78, 5) is 2.32. The Morgan fingerprint density at radius 2 is 1.65 bits per heavy atom. The molecule has 0 heterocycles. The van der Waals surface area contributed by atoms with Gasteiger partial charge in [0, 0.05) is 41.1 Å². The van der Waals surface area contributed by atoms with Gasteiger partial charge >= 0.3 is 0 Å². The smallest absolute Gasteiger partial charge is 0.0441 e. The van der Waals surface area contributed by atoms with E-state index in [2.05, 4.69) is 41.4 Å². The Balaban J connectivity index is 1.91. The summed E-state index contributed by atoms with van der Waals surface area (Å²) in [5.74, 6) is 0. The van der Waals surface area contributed by atoms with E-state index in [0.717, 1.165) is 25.3 Å². The van der Waals surface area contributed by atoms with E-state index in [4.69, 9.17) is 23.2 Å². The number of nitrogens with one attached hydrogen (secondary N) is 1. The van der Waals surface area contributed by atoms with Crippen LogP contribution in [0.25, 0.3) is 0 Å². The Labute approximate surface area is 130 Å². The van der Waals surface area contributed by atoms with Gasteiger partial charge in [0.25, 0.3) is 0 Å². The fourth-order valence-corrected chi connectivity index (χ4v) is 2.63. The van der Waals surface area contributed by atoms with Crippen LogP contribution in [-0.2, 0) is 0 Å². The van der Waals surface area contributed by atoms with Crippen LogP contribution in [0.3, 0.4) is 0 Å². The topological polar surface area (TPSA) is 15.3 Å². The molecular formula is C16H18Cl2N2. The highest BCUT2D eigenvalue weighted by molar-refractivity contribution is 6.35. The molecule has 0 atom stereocenters. The summed E-state index contributed by atoms with van der Waals surface area (Å²) in [6.45, 7) is 4.88. The van der Waals surface area contributed by atoms with Crippen LogP contribution >= 0.6 is 23.2 Å². The molecule has 1 N–H and O–H groups in total. The van der Waals surface area contributed by atoms with E-state index in [-0.39, 0.29) is 0 Å². The molecule has 2 nitrogen and oxygen atoms in total. The minimum Gasteiger partial charge on any atom is -0.383 e. The van der Waals surface area contributed by atoms with Gasteiger partial charge in [-0.25, -0.2) is 0 Å². The van der Waals surface area contributed by atoms with Crippen LogP contribution in [0.15, 0.2) is 48.5 Å². The maximum absolute atomic E-state index is 5.98. The maximum atomic E-state index is 5.98. The van der Waals surface area contributed by atoms with Gasteiger partial charge in [0.15, 0.2) is 0 Å². The standard InChI is InChI=1S/C16H18Cl2N2/c1-2-20(16-6-4-3-5-7-16)9-8-19-15-11-13(17)10-14(18)12-15/h3-7,10-12,19H,2,8-9H2,1H3. The molecule has 0 saturated carbocycles. The fourth-order valence-electron chi connectivity index (χ4n) is 2.10. The van der Waals surface area contributed by atoms with Gasteiger partial charge in [0.2, 0.25) is 0 Å². The summed E-state index contributed by atoms with van der Waals surface area (Å²) < 4.78 is 0. The van der Waals surface area contributed by atoms with Gasteiger partial charge in [-0.05, 0) is 37.3 Å². The largest absolute Gasteiger partial charge is 0.383 e. The summed E-state index contributed by atoms with van der Waals surface area (Å²) in [7, 11) is 0. The quantitative estimate of drug-likeness (QED) is 0.813. The minimum absolute atomic E-state index is 0.649. The first-order valence-electron chi connectivity index (χ1n) is 6.69. The summed E-state index contributed by atoms with van der Waals surface area (Å²) in [6, 6.07) is 15.9. The first-order valence-corrected chi connectivity index (χ1v) is 7.44. The van der Waals surface area contributed by atoms with Crippen molar-refractivity contribution in [1.82, 2.24) is 0 Å².